The number of aryl methyl sites for hydroxylation is 1. The molecule has 1 fully saturated rings. The van der Waals surface area contributed by atoms with Crippen LogP contribution >= 0.6 is 34.2 Å². The van der Waals surface area contributed by atoms with Gasteiger partial charge in [0, 0.05) is 16.8 Å². The van der Waals surface area contributed by atoms with Crippen LogP contribution in [-0.2, 0) is 10.9 Å². The van der Waals surface area contributed by atoms with Crippen molar-refractivity contribution in [1.82, 2.24) is 24.5 Å². The van der Waals surface area contributed by atoms with Crippen LogP contribution in [0.4, 0.5) is 17.6 Å². The second-order valence-electron chi connectivity index (χ2n) is 9.15. The summed E-state index contributed by atoms with van der Waals surface area (Å²) in [6.07, 6.45) is -9.08. The Labute approximate surface area is 243 Å². The third kappa shape index (κ3) is 5.35. The van der Waals surface area contributed by atoms with Gasteiger partial charge in [-0.1, -0.05) is 23.7 Å². The second-order valence-corrected chi connectivity index (χ2v) is 10.8. The SMILES string of the molecule is Cc1nc([C@@H]2O[C@H](CO)[C@H](O)[C@H](n3cc(I)c(-c4cccc(F)c4)n3)[C@H]2O)n(-c2cc(Cl)ccc2C(F)(F)F)n1. The molecule has 0 spiro atoms. The van der Waals surface area contributed by atoms with E-state index >= 15 is 0 Å². The van der Waals surface area contributed by atoms with Crippen LogP contribution in [0.15, 0.2) is 48.7 Å². The van der Waals surface area contributed by atoms with Gasteiger partial charge in [-0.2, -0.15) is 23.4 Å². The van der Waals surface area contributed by atoms with E-state index in [0.717, 1.165) is 22.9 Å². The summed E-state index contributed by atoms with van der Waals surface area (Å²) in [5, 5.41) is 41.1. The normalized spacial score (nSPS) is 23.5. The zero-order valence-electron chi connectivity index (χ0n) is 20.5. The van der Waals surface area contributed by atoms with E-state index in [1.165, 1.54) is 36.0 Å². The molecule has 3 N–H and O–H groups in total. The van der Waals surface area contributed by atoms with Crippen molar-refractivity contribution in [3.05, 3.63) is 80.3 Å². The topological polar surface area (TPSA) is 118 Å². The largest absolute Gasteiger partial charge is 0.418 e. The van der Waals surface area contributed by atoms with Gasteiger partial charge in [-0.25, -0.2) is 14.1 Å². The molecule has 212 valence electrons. The number of alkyl halides is 3. The third-order valence-electron chi connectivity index (χ3n) is 6.47. The molecule has 4 aromatic rings. The highest BCUT2D eigenvalue weighted by Crippen LogP contribution is 2.41. The lowest BCUT2D eigenvalue weighted by atomic mass is 9.92. The van der Waals surface area contributed by atoms with Gasteiger partial charge in [-0.15, -0.1) is 0 Å². The molecule has 0 radical (unpaired) electrons. The molecule has 15 heteroatoms. The Balaban J connectivity index is 1.61. The summed E-state index contributed by atoms with van der Waals surface area (Å²) in [7, 11) is 0. The second kappa shape index (κ2) is 11.0. The average molecular weight is 694 g/mol. The number of hydrogen-bond donors (Lipinski definition) is 3. The van der Waals surface area contributed by atoms with Gasteiger partial charge in [0.05, 0.1) is 21.4 Å². The Morgan fingerprint density at radius 2 is 1.85 bits per heavy atom. The lowest BCUT2D eigenvalue weighted by Gasteiger charge is -2.42. The Morgan fingerprint density at radius 1 is 1.10 bits per heavy atom. The molecular weight excluding hydrogens is 673 g/mol. The van der Waals surface area contributed by atoms with Crippen LogP contribution in [0.2, 0.25) is 5.02 Å². The Morgan fingerprint density at radius 3 is 2.52 bits per heavy atom. The molecule has 0 amide bonds. The summed E-state index contributed by atoms with van der Waals surface area (Å²) in [6.45, 7) is 0.762. The fraction of sp³-hybridized carbons (Fsp3) is 0.320. The maximum atomic E-state index is 13.9. The highest BCUT2D eigenvalue weighted by Gasteiger charge is 2.49. The maximum Gasteiger partial charge on any atom is 0.418 e. The smallest absolute Gasteiger partial charge is 0.394 e. The minimum Gasteiger partial charge on any atom is -0.394 e. The van der Waals surface area contributed by atoms with Crippen molar-refractivity contribution in [3.63, 3.8) is 0 Å². The predicted molar refractivity (Wildman–Crippen MR) is 142 cm³/mol. The van der Waals surface area contributed by atoms with E-state index in [-0.39, 0.29) is 16.7 Å². The van der Waals surface area contributed by atoms with Crippen molar-refractivity contribution >= 4 is 34.2 Å². The summed E-state index contributed by atoms with van der Waals surface area (Å²) < 4.78 is 64.0. The highest BCUT2D eigenvalue weighted by molar-refractivity contribution is 14.1. The Kier molecular flexibility index (Phi) is 7.93. The molecule has 0 unspecified atom stereocenters. The molecule has 1 saturated heterocycles. The van der Waals surface area contributed by atoms with E-state index < -0.39 is 60.3 Å². The lowest BCUT2D eigenvalue weighted by Crippen LogP contribution is -2.53. The number of hydrogen-bond acceptors (Lipinski definition) is 7. The zero-order valence-corrected chi connectivity index (χ0v) is 23.4. The van der Waals surface area contributed by atoms with Crippen LogP contribution in [0.25, 0.3) is 16.9 Å². The number of nitrogens with zero attached hydrogens (tertiary/aromatic N) is 5. The van der Waals surface area contributed by atoms with Gasteiger partial charge in [-0.05, 0) is 59.8 Å². The van der Waals surface area contributed by atoms with Gasteiger partial charge >= 0.3 is 6.18 Å². The number of aliphatic hydroxyl groups is 3. The quantitative estimate of drug-likeness (QED) is 0.211. The summed E-state index contributed by atoms with van der Waals surface area (Å²) >= 11 is 8.00. The van der Waals surface area contributed by atoms with E-state index in [1.54, 1.807) is 6.07 Å². The van der Waals surface area contributed by atoms with Crippen molar-refractivity contribution < 1.29 is 37.6 Å². The molecule has 0 bridgehead atoms. The molecule has 5 rings (SSSR count). The van der Waals surface area contributed by atoms with Gasteiger partial charge < -0.3 is 20.1 Å². The first-order chi connectivity index (χ1) is 18.9. The standard InChI is InChI=1S/C25H21ClF4IN5O4/c1-11-32-24(36(33-11)17-8-13(26)5-6-15(17)25(28,29)30)23-22(39)20(21(38)18(10-37)40-23)35-9-16(31)19(34-35)12-3-2-4-14(27)7-12/h2-9,18,20-23,37-39H,10H2,1H3/t18-,20+,21+,22-,23-/m1/s1. The van der Waals surface area contributed by atoms with Crippen LogP contribution in [0.5, 0.6) is 0 Å². The van der Waals surface area contributed by atoms with Crippen LogP contribution in [0.3, 0.4) is 0 Å². The molecule has 0 aliphatic carbocycles. The molecule has 1 aliphatic rings. The molecule has 9 nitrogen and oxygen atoms in total. The Bertz CT molecular complexity index is 1550. The summed E-state index contributed by atoms with van der Waals surface area (Å²) in [5.74, 6) is -0.618. The predicted octanol–water partition coefficient (Wildman–Crippen LogP) is 4.25. The average Bonchev–Trinajstić information content (AvgIpc) is 3.46. The molecule has 1 aliphatic heterocycles. The van der Waals surface area contributed by atoms with E-state index in [4.69, 9.17) is 16.3 Å². The van der Waals surface area contributed by atoms with Gasteiger partial charge in [0.25, 0.3) is 0 Å². The molecule has 3 heterocycles. The van der Waals surface area contributed by atoms with E-state index in [9.17, 15) is 32.9 Å². The number of aromatic nitrogens is 5. The number of rotatable bonds is 5. The van der Waals surface area contributed by atoms with E-state index in [2.05, 4.69) is 15.2 Å². The maximum absolute atomic E-state index is 13.9. The molecule has 2 aromatic carbocycles. The monoisotopic (exact) mass is 693 g/mol. The van der Waals surface area contributed by atoms with Crippen molar-refractivity contribution in [2.45, 2.75) is 43.6 Å². The van der Waals surface area contributed by atoms with Gasteiger partial charge in [-0.3, -0.25) is 4.68 Å². The van der Waals surface area contributed by atoms with Crippen molar-refractivity contribution in [2.75, 3.05) is 6.61 Å². The zero-order chi connectivity index (χ0) is 28.9. The first-order valence-electron chi connectivity index (χ1n) is 11.8. The minimum atomic E-state index is -4.77. The van der Waals surface area contributed by atoms with Crippen LogP contribution in [-0.4, -0.2) is 64.8 Å². The van der Waals surface area contributed by atoms with E-state index in [0.29, 0.717) is 14.8 Å². The Hall–Kier alpha value is -2.63. The fourth-order valence-electron chi connectivity index (χ4n) is 4.69. The summed E-state index contributed by atoms with van der Waals surface area (Å²) in [4.78, 5) is 4.24. The summed E-state index contributed by atoms with van der Waals surface area (Å²) in [6, 6.07) is 7.43. The molecular formula is C25H21ClF4IN5O4. The lowest BCUT2D eigenvalue weighted by molar-refractivity contribution is -0.210. The number of ether oxygens (including phenoxy) is 1. The molecule has 40 heavy (non-hydrogen) atoms. The highest BCUT2D eigenvalue weighted by atomic mass is 127. The van der Waals surface area contributed by atoms with Crippen LogP contribution in [0.1, 0.15) is 29.4 Å². The number of benzene rings is 2. The van der Waals surface area contributed by atoms with Gasteiger partial charge in [0.1, 0.15) is 47.8 Å². The van der Waals surface area contributed by atoms with Gasteiger partial charge in [0.2, 0.25) is 0 Å². The van der Waals surface area contributed by atoms with Crippen molar-refractivity contribution in [2.24, 2.45) is 0 Å². The molecule has 5 atom stereocenters. The van der Waals surface area contributed by atoms with Crippen molar-refractivity contribution in [3.8, 4) is 16.9 Å². The van der Waals surface area contributed by atoms with Gasteiger partial charge in [0.15, 0.2) is 5.82 Å². The molecule has 2 aromatic heterocycles. The fourth-order valence-corrected chi connectivity index (χ4v) is 5.57. The first kappa shape index (κ1) is 28.9. The molecule has 0 saturated carbocycles. The van der Waals surface area contributed by atoms with E-state index in [1.807, 2.05) is 22.6 Å². The summed E-state index contributed by atoms with van der Waals surface area (Å²) in [5.41, 5.74) is -0.678. The van der Waals surface area contributed by atoms with Crippen molar-refractivity contribution in [1.29, 1.82) is 0 Å². The number of halogens is 6. The van der Waals surface area contributed by atoms with Crippen LogP contribution in [0, 0.1) is 16.3 Å². The third-order valence-corrected chi connectivity index (χ3v) is 7.49. The minimum absolute atomic E-state index is 0.00439. The first-order valence-corrected chi connectivity index (χ1v) is 13.3. The van der Waals surface area contributed by atoms with Crippen LogP contribution < -0.4 is 0 Å². The number of aliphatic hydroxyl groups excluding tert-OH is 3.